The number of benzene rings is 5. The number of allylic oxidation sites excluding steroid dienone is 1. The van der Waals surface area contributed by atoms with Gasteiger partial charge in [-0.2, -0.15) is 0 Å². The normalized spacial score (nSPS) is 15.5. The number of nitro groups is 1. The van der Waals surface area contributed by atoms with Crippen molar-refractivity contribution in [3.63, 3.8) is 0 Å². The van der Waals surface area contributed by atoms with Gasteiger partial charge < -0.3 is 24.4 Å². The Kier molecular flexibility index (Phi) is 13.2. The van der Waals surface area contributed by atoms with E-state index >= 15 is 0 Å². The number of morpholine rings is 1. The van der Waals surface area contributed by atoms with Gasteiger partial charge in [-0.3, -0.25) is 19.7 Å². The lowest BCUT2D eigenvalue weighted by atomic mass is 9.88. The van der Waals surface area contributed by atoms with Crippen LogP contribution in [0.5, 0.6) is 0 Å². The van der Waals surface area contributed by atoms with Crippen LogP contribution in [-0.4, -0.2) is 99.1 Å². The number of rotatable bonds is 17. The van der Waals surface area contributed by atoms with Crippen molar-refractivity contribution in [2.24, 2.45) is 0 Å². The van der Waals surface area contributed by atoms with Crippen LogP contribution in [0.1, 0.15) is 23.5 Å². The van der Waals surface area contributed by atoms with Gasteiger partial charge in [-0.15, -0.1) is 11.8 Å². The lowest BCUT2D eigenvalue weighted by molar-refractivity contribution is -0.384. The van der Waals surface area contributed by atoms with Gasteiger partial charge in [-0.05, 0) is 53.9 Å². The van der Waals surface area contributed by atoms with Gasteiger partial charge >= 0.3 is 0 Å². The van der Waals surface area contributed by atoms with Gasteiger partial charge in [0.25, 0.3) is 15.7 Å². The molecule has 316 valence electrons. The summed E-state index contributed by atoms with van der Waals surface area (Å²) >= 11 is 1.66. The van der Waals surface area contributed by atoms with E-state index in [9.17, 15) is 18.5 Å². The molecule has 2 fully saturated rings. The SMILES string of the molecule is C=C(C(c1ccccc1)c1ccccc1)N1CCN(c2ccc3c(NS(=O)(=O)c4ccc(N[C@H](CCN5CCOCC5)CSc5ccccc5)c([N+](=O)[O-])c4)noc3c2)CC1. The van der Waals surface area contributed by atoms with Crippen molar-refractivity contribution < 1.29 is 22.6 Å². The van der Waals surface area contributed by atoms with E-state index in [1.165, 1.54) is 23.3 Å². The quantitative estimate of drug-likeness (QED) is 0.0517. The Labute approximate surface area is 360 Å². The molecule has 2 aliphatic rings. The van der Waals surface area contributed by atoms with Crippen LogP contribution in [0.3, 0.4) is 0 Å². The number of nitrogens with zero attached hydrogens (tertiary/aromatic N) is 5. The Morgan fingerprint density at radius 2 is 1.49 bits per heavy atom. The fraction of sp³-hybridized carbons (Fsp3) is 0.283. The van der Waals surface area contributed by atoms with E-state index in [1.807, 2.05) is 54.6 Å². The van der Waals surface area contributed by atoms with Gasteiger partial charge in [0.05, 0.1) is 28.4 Å². The molecule has 0 bridgehead atoms. The molecule has 0 amide bonds. The third-order valence-electron chi connectivity index (χ3n) is 11.3. The summed E-state index contributed by atoms with van der Waals surface area (Å²) in [6.07, 6.45) is 0.732. The number of ether oxygens (including phenoxy) is 1. The second kappa shape index (κ2) is 19.2. The lowest BCUT2D eigenvalue weighted by Crippen LogP contribution is -2.46. The molecule has 13 nitrogen and oxygen atoms in total. The Morgan fingerprint density at radius 3 is 2.15 bits per heavy atom. The molecule has 2 aliphatic heterocycles. The first-order chi connectivity index (χ1) is 29.7. The Hall–Kier alpha value is -5.87. The molecular weight excluding hydrogens is 811 g/mol. The summed E-state index contributed by atoms with van der Waals surface area (Å²) < 4.78 is 41.1. The second-order valence-electron chi connectivity index (χ2n) is 15.2. The number of aromatic nitrogens is 1. The van der Waals surface area contributed by atoms with Gasteiger partial charge in [-0.25, -0.2) is 8.42 Å². The fourth-order valence-electron chi connectivity index (χ4n) is 7.93. The molecule has 2 saturated heterocycles. The number of nitrogens with one attached hydrogen (secondary N) is 2. The zero-order valence-corrected chi connectivity index (χ0v) is 35.4. The predicted molar refractivity (Wildman–Crippen MR) is 242 cm³/mol. The molecule has 1 atom stereocenters. The van der Waals surface area contributed by atoms with Gasteiger partial charge in [0, 0.05) is 91.9 Å². The fourth-order valence-corrected chi connectivity index (χ4v) is 9.96. The van der Waals surface area contributed by atoms with E-state index in [1.54, 1.807) is 17.8 Å². The van der Waals surface area contributed by atoms with E-state index in [4.69, 9.17) is 9.26 Å². The molecule has 15 heteroatoms. The molecule has 6 aromatic rings. The largest absolute Gasteiger partial charge is 0.379 e. The van der Waals surface area contributed by atoms with E-state index in [0.717, 1.165) is 74.6 Å². The third kappa shape index (κ3) is 10.2. The summed E-state index contributed by atoms with van der Waals surface area (Å²) in [5, 5.41) is 20.3. The zero-order valence-electron chi connectivity index (χ0n) is 33.8. The molecule has 3 heterocycles. The molecular formula is C46H49N7O6S2. The summed E-state index contributed by atoms with van der Waals surface area (Å²) in [6, 6.07) is 40.2. The minimum absolute atomic E-state index is 0.00139. The number of fused-ring (bicyclic) bond motifs is 1. The number of sulfonamides is 1. The molecule has 0 spiro atoms. The highest BCUT2D eigenvalue weighted by Gasteiger charge is 2.28. The summed E-state index contributed by atoms with van der Waals surface area (Å²) in [7, 11) is -4.29. The molecule has 1 aromatic heterocycles. The maximum Gasteiger partial charge on any atom is 0.293 e. The van der Waals surface area contributed by atoms with E-state index in [2.05, 4.69) is 85.0 Å². The maximum absolute atomic E-state index is 13.7. The van der Waals surface area contributed by atoms with Crippen molar-refractivity contribution in [1.82, 2.24) is 15.0 Å². The smallest absolute Gasteiger partial charge is 0.293 e. The number of hydrogen-bond acceptors (Lipinski definition) is 12. The summed E-state index contributed by atoms with van der Waals surface area (Å²) in [5.41, 5.74) is 4.71. The second-order valence-corrected chi connectivity index (χ2v) is 18.0. The van der Waals surface area contributed by atoms with Crippen molar-refractivity contribution in [3.05, 3.63) is 161 Å². The minimum Gasteiger partial charge on any atom is -0.379 e. The topological polar surface area (TPSA) is 146 Å². The van der Waals surface area contributed by atoms with Crippen LogP contribution in [0.15, 0.2) is 154 Å². The molecule has 2 N–H and O–H groups in total. The Bertz CT molecular complexity index is 2490. The number of hydrogen-bond donors (Lipinski definition) is 2. The minimum atomic E-state index is -4.29. The zero-order chi connectivity index (χ0) is 42.2. The highest BCUT2D eigenvalue weighted by Crippen LogP contribution is 2.36. The molecule has 0 radical (unpaired) electrons. The van der Waals surface area contributed by atoms with E-state index in [0.29, 0.717) is 29.9 Å². The predicted octanol–water partition coefficient (Wildman–Crippen LogP) is 8.30. The maximum atomic E-state index is 13.7. The van der Waals surface area contributed by atoms with Crippen LogP contribution < -0.4 is 14.9 Å². The van der Waals surface area contributed by atoms with Crippen LogP contribution in [0, 0.1) is 10.1 Å². The monoisotopic (exact) mass is 859 g/mol. The van der Waals surface area contributed by atoms with Crippen molar-refractivity contribution in [1.29, 1.82) is 0 Å². The van der Waals surface area contributed by atoms with Crippen LogP contribution in [-0.2, 0) is 14.8 Å². The van der Waals surface area contributed by atoms with Gasteiger partial charge in [0.1, 0.15) is 5.69 Å². The molecule has 61 heavy (non-hydrogen) atoms. The first-order valence-corrected chi connectivity index (χ1v) is 22.9. The van der Waals surface area contributed by atoms with Gasteiger partial charge in [0.2, 0.25) is 0 Å². The summed E-state index contributed by atoms with van der Waals surface area (Å²) in [6.45, 7) is 11.4. The molecule has 0 aliphatic carbocycles. The average molecular weight is 860 g/mol. The first-order valence-electron chi connectivity index (χ1n) is 20.5. The van der Waals surface area contributed by atoms with E-state index < -0.39 is 14.9 Å². The Balaban J connectivity index is 0.932. The van der Waals surface area contributed by atoms with Crippen molar-refractivity contribution in [2.75, 3.05) is 79.7 Å². The van der Waals surface area contributed by atoms with Crippen LogP contribution in [0.25, 0.3) is 11.0 Å². The van der Waals surface area contributed by atoms with Crippen molar-refractivity contribution >= 4 is 55.6 Å². The van der Waals surface area contributed by atoms with Crippen LogP contribution in [0.2, 0.25) is 0 Å². The van der Waals surface area contributed by atoms with Crippen LogP contribution >= 0.6 is 11.8 Å². The lowest BCUT2D eigenvalue weighted by Gasteiger charge is -2.40. The van der Waals surface area contributed by atoms with Crippen molar-refractivity contribution in [2.45, 2.75) is 28.2 Å². The standard InChI is InChI=1S/C46H49N7O6S2/c1-34(45(35-11-5-2-6-12-35)36-13-7-3-8-14-36)51-23-25-52(26-24-51)38-17-19-41-44(31-38)59-48-46(41)49-61(56,57)40-18-20-42(43(32-40)53(54)55)47-37(21-22-50-27-29-58-30-28-50)33-60-39-15-9-4-10-16-39/h2-20,31-32,37,45,47H,1,21-30,33H2,(H,48,49)/t37-/m1/s1. The number of thioether (sulfide) groups is 1. The highest BCUT2D eigenvalue weighted by molar-refractivity contribution is 7.99. The molecule has 0 saturated carbocycles. The molecule has 8 rings (SSSR count). The summed E-state index contributed by atoms with van der Waals surface area (Å²) in [4.78, 5) is 19.6. The average Bonchev–Trinajstić information content (AvgIpc) is 3.69. The van der Waals surface area contributed by atoms with Crippen molar-refractivity contribution in [3.8, 4) is 0 Å². The van der Waals surface area contributed by atoms with Gasteiger partial charge in [-0.1, -0.05) is 90.6 Å². The first kappa shape index (κ1) is 41.8. The van der Waals surface area contributed by atoms with Crippen LogP contribution in [0.4, 0.5) is 22.9 Å². The third-order valence-corrected chi connectivity index (χ3v) is 13.8. The summed E-state index contributed by atoms with van der Waals surface area (Å²) in [5.74, 6) is 0.700. The number of anilines is 3. The Morgan fingerprint density at radius 1 is 0.836 bits per heavy atom. The molecule has 0 unspecified atom stereocenters. The number of piperazine rings is 1. The highest BCUT2D eigenvalue weighted by atomic mass is 32.2. The van der Waals surface area contributed by atoms with E-state index in [-0.39, 0.29) is 34.0 Å². The van der Waals surface area contributed by atoms with Gasteiger partial charge in [0.15, 0.2) is 11.4 Å². The number of nitro benzene ring substituents is 1. The molecule has 5 aromatic carbocycles.